The SMILES string of the molecule is Nc1nc(C=O)ncc1F. The number of carbonyl (C=O) groups is 1. The molecule has 0 fully saturated rings. The van der Waals surface area contributed by atoms with Crippen molar-refractivity contribution in [2.45, 2.75) is 0 Å². The molecule has 0 atom stereocenters. The molecule has 1 rings (SSSR count). The maximum atomic E-state index is 12.3. The first-order valence-corrected chi connectivity index (χ1v) is 2.47. The molecule has 2 N–H and O–H groups in total. The second-order valence-corrected chi connectivity index (χ2v) is 1.58. The molecule has 10 heavy (non-hydrogen) atoms. The minimum atomic E-state index is -0.717. The van der Waals surface area contributed by atoms with Crippen LogP contribution in [-0.4, -0.2) is 16.3 Å². The summed E-state index contributed by atoms with van der Waals surface area (Å²) >= 11 is 0. The summed E-state index contributed by atoms with van der Waals surface area (Å²) < 4.78 is 12.3. The molecular formula is C5H4FN3O. The summed E-state index contributed by atoms with van der Waals surface area (Å²) in [4.78, 5) is 16.6. The lowest BCUT2D eigenvalue weighted by molar-refractivity contribution is 0.111. The van der Waals surface area contributed by atoms with Gasteiger partial charge in [-0.05, 0) is 0 Å². The predicted octanol–water partition coefficient (Wildman–Crippen LogP) is 0.0104. The highest BCUT2D eigenvalue weighted by Gasteiger charge is 2.00. The van der Waals surface area contributed by atoms with Crippen LogP contribution in [0, 0.1) is 5.82 Å². The third-order valence-electron chi connectivity index (χ3n) is 0.895. The van der Waals surface area contributed by atoms with Crippen LogP contribution in [0.5, 0.6) is 0 Å². The number of anilines is 1. The highest BCUT2D eigenvalue weighted by molar-refractivity contribution is 5.69. The van der Waals surface area contributed by atoms with Gasteiger partial charge in [0.2, 0.25) is 0 Å². The lowest BCUT2D eigenvalue weighted by Crippen LogP contribution is -2.00. The summed E-state index contributed by atoms with van der Waals surface area (Å²) in [6.07, 6.45) is 1.25. The number of hydrogen-bond acceptors (Lipinski definition) is 4. The molecule has 1 aromatic heterocycles. The molecule has 5 heteroatoms. The van der Waals surface area contributed by atoms with E-state index in [4.69, 9.17) is 5.73 Å². The van der Waals surface area contributed by atoms with E-state index < -0.39 is 5.82 Å². The number of nitrogen functional groups attached to an aromatic ring is 1. The molecule has 0 aliphatic rings. The molecule has 0 amide bonds. The fraction of sp³-hybridized carbons (Fsp3) is 0. The molecule has 0 radical (unpaired) electrons. The van der Waals surface area contributed by atoms with Crippen molar-refractivity contribution in [1.82, 2.24) is 9.97 Å². The normalized spacial score (nSPS) is 9.30. The van der Waals surface area contributed by atoms with Crippen LogP contribution >= 0.6 is 0 Å². The Kier molecular flexibility index (Phi) is 1.57. The van der Waals surface area contributed by atoms with Crippen molar-refractivity contribution in [3.63, 3.8) is 0 Å². The Morgan fingerprint density at radius 1 is 1.70 bits per heavy atom. The van der Waals surface area contributed by atoms with Crippen LogP contribution in [0.15, 0.2) is 6.20 Å². The highest BCUT2D eigenvalue weighted by Crippen LogP contribution is 2.01. The van der Waals surface area contributed by atoms with E-state index >= 15 is 0 Å². The monoisotopic (exact) mass is 141 g/mol. The van der Waals surface area contributed by atoms with Crippen molar-refractivity contribution >= 4 is 12.1 Å². The quantitative estimate of drug-likeness (QED) is 0.559. The molecule has 0 aliphatic heterocycles. The summed E-state index contributed by atoms with van der Waals surface area (Å²) in [7, 11) is 0. The Bertz CT molecular complexity index is 263. The van der Waals surface area contributed by atoms with Crippen LogP contribution in [0.3, 0.4) is 0 Å². The molecule has 0 unspecified atom stereocenters. The van der Waals surface area contributed by atoms with E-state index in [2.05, 4.69) is 9.97 Å². The van der Waals surface area contributed by atoms with Crippen molar-refractivity contribution in [3.8, 4) is 0 Å². The van der Waals surface area contributed by atoms with Gasteiger partial charge in [-0.2, -0.15) is 0 Å². The van der Waals surface area contributed by atoms with E-state index in [9.17, 15) is 9.18 Å². The Balaban J connectivity index is 3.16. The van der Waals surface area contributed by atoms with Gasteiger partial charge in [-0.3, -0.25) is 4.79 Å². The largest absolute Gasteiger partial charge is 0.381 e. The molecular weight excluding hydrogens is 137 g/mol. The Morgan fingerprint density at radius 2 is 2.40 bits per heavy atom. The predicted molar refractivity (Wildman–Crippen MR) is 31.8 cm³/mol. The molecule has 0 spiro atoms. The van der Waals surface area contributed by atoms with Gasteiger partial charge in [0.15, 0.2) is 23.7 Å². The summed E-state index contributed by atoms with van der Waals surface area (Å²) in [5.74, 6) is -1.14. The van der Waals surface area contributed by atoms with Crippen LogP contribution in [0.4, 0.5) is 10.2 Å². The molecule has 0 bridgehead atoms. The molecule has 1 aromatic rings. The van der Waals surface area contributed by atoms with E-state index in [0.717, 1.165) is 6.20 Å². The second kappa shape index (κ2) is 2.38. The van der Waals surface area contributed by atoms with Crippen LogP contribution in [-0.2, 0) is 0 Å². The van der Waals surface area contributed by atoms with Crippen LogP contribution in [0.1, 0.15) is 10.6 Å². The first-order valence-electron chi connectivity index (χ1n) is 2.47. The zero-order valence-electron chi connectivity index (χ0n) is 4.91. The van der Waals surface area contributed by atoms with Gasteiger partial charge in [-0.15, -0.1) is 0 Å². The maximum absolute atomic E-state index is 12.3. The van der Waals surface area contributed by atoms with Crippen molar-refractivity contribution in [2.24, 2.45) is 0 Å². The average Bonchev–Trinajstić information content (AvgIpc) is 1.95. The summed E-state index contributed by atoms with van der Waals surface area (Å²) in [5.41, 5.74) is 5.01. The number of aldehydes is 1. The second-order valence-electron chi connectivity index (χ2n) is 1.58. The minimum absolute atomic E-state index is 0.112. The Hall–Kier alpha value is -1.52. The standard InChI is InChI=1S/C5H4FN3O/c6-3-1-8-4(2-10)9-5(3)7/h1-2H,(H2,7,8,9). The molecule has 1 heterocycles. The van der Waals surface area contributed by atoms with E-state index in [1.807, 2.05) is 0 Å². The first kappa shape index (κ1) is 6.60. The van der Waals surface area contributed by atoms with E-state index in [1.165, 1.54) is 0 Å². The van der Waals surface area contributed by atoms with Gasteiger partial charge in [0, 0.05) is 0 Å². The minimum Gasteiger partial charge on any atom is -0.381 e. The molecule has 0 saturated carbocycles. The van der Waals surface area contributed by atoms with Gasteiger partial charge < -0.3 is 5.73 Å². The number of nitrogens with zero attached hydrogens (tertiary/aromatic N) is 2. The molecule has 0 saturated heterocycles. The number of nitrogens with two attached hydrogens (primary N) is 1. The van der Waals surface area contributed by atoms with Crippen molar-refractivity contribution in [3.05, 3.63) is 17.8 Å². The molecule has 0 aromatic carbocycles. The number of carbonyl (C=O) groups excluding carboxylic acids is 1. The Labute approximate surface area is 55.9 Å². The average molecular weight is 141 g/mol. The van der Waals surface area contributed by atoms with Crippen LogP contribution in [0.2, 0.25) is 0 Å². The summed E-state index contributed by atoms with van der Waals surface area (Å²) in [6, 6.07) is 0. The summed E-state index contributed by atoms with van der Waals surface area (Å²) in [5, 5.41) is 0. The van der Waals surface area contributed by atoms with Crippen molar-refractivity contribution in [1.29, 1.82) is 0 Å². The fourth-order valence-corrected chi connectivity index (χ4v) is 0.451. The van der Waals surface area contributed by atoms with Gasteiger partial charge in [-0.1, -0.05) is 0 Å². The number of halogens is 1. The molecule has 4 nitrogen and oxygen atoms in total. The van der Waals surface area contributed by atoms with Crippen molar-refractivity contribution < 1.29 is 9.18 Å². The number of rotatable bonds is 1. The lowest BCUT2D eigenvalue weighted by atomic mass is 10.5. The zero-order valence-corrected chi connectivity index (χ0v) is 4.91. The van der Waals surface area contributed by atoms with Gasteiger partial charge in [0.1, 0.15) is 0 Å². The highest BCUT2D eigenvalue weighted by atomic mass is 19.1. The van der Waals surface area contributed by atoms with Crippen molar-refractivity contribution in [2.75, 3.05) is 5.73 Å². The van der Waals surface area contributed by atoms with Gasteiger partial charge >= 0.3 is 0 Å². The Morgan fingerprint density at radius 3 is 2.90 bits per heavy atom. The van der Waals surface area contributed by atoms with Crippen LogP contribution < -0.4 is 5.73 Å². The number of aromatic nitrogens is 2. The van der Waals surface area contributed by atoms with E-state index in [-0.39, 0.29) is 11.6 Å². The molecule has 52 valence electrons. The van der Waals surface area contributed by atoms with E-state index in [0.29, 0.717) is 6.29 Å². The van der Waals surface area contributed by atoms with Gasteiger partial charge in [0.25, 0.3) is 0 Å². The molecule has 0 aliphatic carbocycles. The first-order chi connectivity index (χ1) is 4.74. The lowest BCUT2D eigenvalue weighted by Gasteiger charge is -1.92. The smallest absolute Gasteiger partial charge is 0.194 e. The van der Waals surface area contributed by atoms with Crippen LogP contribution in [0.25, 0.3) is 0 Å². The van der Waals surface area contributed by atoms with E-state index in [1.54, 1.807) is 0 Å². The van der Waals surface area contributed by atoms with Gasteiger partial charge in [0.05, 0.1) is 6.20 Å². The third-order valence-corrected chi connectivity index (χ3v) is 0.895. The topological polar surface area (TPSA) is 68.9 Å². The van der Waals surface area contributed by atoms with Gasteiger partial charge in [-0.25, -0.2) is 14.4 Å². The number of hydrogen-bond donors (Lipinski definition) is 1. The third kappa shape index (κ3) is 1.07. The fourth-order valence-electron chi connectivity index (χ4n) is 0.451. The summed E-state index contributed by atoms with van der Waals surface area (Å²) in [6.45, 7) is 0. The zero-order chi connectivity index (χ0) is 7.56. The maximum Gasteiger partial charge on any atom is 0.194 e.